The van der Waals surface area contributed by atoms with E-state index in [0.717, 1.165) is 31.4 Å². The van der Waals surface area contributed by atoms with E-state index in [1.165, 1.54) is 5.56 Å². The number of esters is 1. The van der Waals surface area contributed by atoms with Gasteiger partial charge in [0.15, 0.2) is 0 Å². The van der Waals surface area contributed by atoms with Gasteiger partial charge in [0.1, 0.15) is 5.75 Å². The first-order valence-corrected chi connectivity index (χ1v) is 5.90. The van der Waals surface area contributed by atoms with Gasteiger partial charge in [-0.1, -0.05) is 25.5 Å². The van der Waals surface area contributed by atoms with Crippen LogP contribution in [0.5, 0.6) is 5.75 Å². The molecule has 0 atom stereocenters. The maximum absolute atomic E-state index is 11.3. The van der Waals surface area contributed by atoms with Gasteiger partial charge >= 0.3 is 5.97 Å². The van der Waals surface area contributed by atoms with Crippen molar-refractivity contribution in [3.63, 3.8) is 0 Å². The van der Waals surface area contributed by atoms with Crippen LogP contribution in [-0.2, 0) is 16.0 Å². The van der Waals surface area contributed by atoms with E-state index in [-0.39, 0.29) is 0 Å². The Morgan fingerprint density at radius 3 is 2.44 bits per heavy atom. The largest absolute Gasteiger partial charge is 0.423 e. The van der Waals surface area contributed by atoms with Crippen LogP contribution in [0.25, 0.3) is 0 Å². The summed E-state index contributed by atoms with van der Waals surface area (Å²) in [4.78, 5) is 21.7. The summed E-state index contributed by atoms with van der Waals surface area (Å²) in [6, 6.07) is 7.33. The second-order valence-electron chi connectivity index (χ2n) is 3.90. The van der Waals surface area contributed by atoms with Gasteiger partial charge in [-0.05, 0) is 30.5 Å². The van der Waals surface area contributed by atoms with Crippen molar-refractivity contribution in [1.82, 2.24) is 0 Å². The Hall–Kier alpha value is -2.10. The summed E-state index contributed by atoms with van der Waals surface area (Å²) in [6.07, 6.45) is 5.28. The highest BCUT2D eigenvalue weighted by molar-refractivity contribution is 5.94. The Kier molecular flexibility index (Phi) is 5.64. The van der Waals surface area contributed by atoms with Crippen molar-refractivity contribution in [2.75, 3.05) is 0 Å². The zero-order valence-electron chi connectivity index (χ0n) is 10.4. The molecule has 96 valence electrons. The lowest BCUT2D eigenvalue weighted by molar-refractivity contribution is -0.129. The zero-order valence-corrected chi connectivity index (χ0v) is 10.4. The molecule has 2 N–H and O–H groups in total. The number of hydrogen-bond donors (Lipinski definition) is 1. The standard InChI is InChI=1S/C14H17NO3/c1-2-3-4-11-5-7-12(8-6-11)18-14(17)10-9-13(15)16/h5-10H,2-4H2,1H3,(H2,15,16)/b10-9-. The molecule has 0 spiro atoms. The minimum Gasteiger partial charge on any atom is -0.423 e. The molecular formula is C14H17NO3. The van der Waals surface area contributed by atoms with Crippen LogP contribution in [0.2, 0.25) is 0 Å². The second-order valence-corrected chi connectivity index (χ2v) is 3.90. The quantitative estimate of drug-likeness (QED) is 0.474. The summed E-state index contributed by atoms with van der Waals surface area (Å²) >= 11 is 0. The molecule has 1 amide bonds. The monoisotopic (exact) mass is 247 g/mol. The van der Waals surface area contributed by atoms with E-state index in [0.29, 0.717) is 5.75 Å². The zero-order chi connectivity index (χ0) is 13.4. The predicted octanol–water partition coefficient (Wildman–Crippen LogP) is 1.98. The van der Waals surface area contributed by atoms with Crippen molar-refractivity contribution < 1.29 is 14.3 Å². The number of primary amides is 1. The highest BCUT2D eigenvalue weighted by Crippen LogP contribution is 2.14. The molecule has 0 saturated heterocycles. The number of carbonyl (C=O) groups excluding carboxylic acids is 2. The van der Waals surface area contributed by atoms with Crippen molar-refractivity contribution in [2.45, 2.75) is 26.2 Å². The van der Waals surface area contributed by atoms with Crippen LogP contribution in [-0.4, -0.2) is 11.9 Å². The molecule has 4 heteroatoms. The van der Waals surface area contributed by atoms with Gasteiger partial charge in [-0.25, -0.2) is 4.79 Å². The van der Waals surface area contributed by atoms with E-state index in [1.54, 1.807) is 12.1 Å². The molecule has 0 saturated carbocycles. The predicted molar refractivity (Wildman–Crippen MR) is 69.0 cm³/mol. The molecule has 0 aromatic heterocycles. The number of rotatable bonds is 6. The first-order chi connectivity index (χ1) is 8.61. The summed E-state index contributed by atoms with van der Waals surface area (Å²) in [6.45, 7) is 2.14. The topological polar surface area (TPSA) is 69.4 Å². The average Bonchev–Trinajstić information content (AvgIpc) is 2.35. The fourth-order valence-electron chi connectivity index (χ4n) is 1.41. The Labute approximate surface area is 106 Å². The van der Waals surface area contributed by atoms with Gasteiger partial charge in [0.05, 0.1) is 0 Å². The molecule has 0 aliphatic carbocycles. The minimum absolute atomic E-state index is 0.453. The number of ether oxygens (including phenoxy) is 1. The van der Waals surface area contributed by atoms with Crippen molar-refractivity contribution in [2.24, 2.45) is 5.73 Å². The third-order valence-electron chi connectivity index (χ3n) is 2.34. The fraction of sp³-hybridized carbons (Fsp3) is 0.286. The van der Waals surface area contributed by atoms with E-state index in [2.05, 4.69) is 6.92 Å². The van der Waals surface area contributed by atoms with E-state index >= 15 is 0 Å². The van der Waals surface area contributed by atoms with Crippen molar-refractivity contribution >= 4 is 11.9 Å². The lowest BCUT2D eigenvalue weighted by Gasteiger charge is -2.03. The molecule has 0 heterocycles. The number of aryl methyl sites for hydroxylation is 1. The summed E-state index contributed by atoms with van der Waals surface area (Å²) in [5, 5.41) is 0. The Bertz CT molecular complexity index is 435. The molecule has 0 unspecified atom stereocenters. The van der Waals surface area contributed by atoms with E-state index < -0.39 is 11.9 Å². The van der Waals surface area contributed by atoms with Crippen LogP contribution in [0, 0.1) is 0 Å². The van der Waals surface area contributed by atoms with Gasteiger partial charge in [0.2, 0.25) is 5.91 Å². The molecule has 1 rings (SSSR count). The van der Waals surface area contributed by atoms with Crippen molar-refractivity contribution in [3.8, 4) is 5.75 Å². The lowest BCUT2D eigenvalue weighted by atomic mass is 10.1. The Morgan fingerprint density at radius 2 is 1.89 bits per heavy atom. The van der Waals surface area contributed by atoms with Gasteiger partial charge in [-0.2, -0.15) is 0 Å². The molecule has 4 nitrogen and oxygen atoms in total. The maximum atomic E-state index is 11.3. The normalized spacial score (nSPS) is 10.5. The number of carbonyl (C=O) groups is 2. The molecule has 0 bridgehead atoms. The molecule has 0 aliphatic rings. The van der Waals surface area contributed by atoms with Crippen molar-refractivity contribution in [3.05, 3.63) is 42.0 Å². The van der Waals surface area contributed by atoms with E-state index in [9.17, 15) is 9.59 Å². The van der Waals surface area contributed by atoms with Crippen LogP contribution in [0.15, 0.2) is 36.4 Å². The summed E-state index contributed by atoms with van der Waals surface area (Å²) < 4.78 is 4.99. The molecule has 0 radical (unpaired) electrons. The third-order valence-corrected chi connectivity index (χ3v) is 2.34. The number of hydrogen-bond acceptors (Lipinski definition) is 3. The smallest absolute Gasteiger partial charge is 0.336 e. The highest BCUT2D eigenvalue weighted by atomic mass is 16.5. The van der Waals surface area contributed by atoms with E-state index in [4.69, 9.17) is 10.5 Å². The van der Waals surface area contributed by atoms with Gasteiger partial charge in [0, 0.05) is 12.2 Å². The van der Waals surface area contributed by atoms with E-state index in [1.807, 2.05) is 12.1 Å². The van der Waals surface area contributed by atoms with Gasteiger partial charge in [-0.15, -0.1) is 0 Å². The first kappa shape index (κ1) is 14.0. The molecule has 1 aromatic carbocycles. The van der Waals surface area contributed by atoms with Gasteiger partial charge < -0.3 is 10.5 Å². The molecule has 1 aromatic rings. The highest BCUT2D eigenvalue weighted by Gasteiger charge is 2.01. The van der Waals surface area contributed by atoms with Gasteiger partial charge in [0.25, 0.3) is 0 Å². The van der Waals surface area contributed by atoms with Gasteiger partial charge in [-0.3, -0.25) is 4.79 Å². The number of unbranched alkanes of at least 4 members (excludes halogenated alkanes) is 1. The van der Waals surface area contributed by atoms with Crippen LogP contribution in [0.1, 0.15) is 25.3 Å². The summed E-state index contributed by atoms with van der Waals surface area (Å²) in [5.74, 6) is -0.841. The maximum Gasteiger partial charge on any atom is 0.336 e. The van der Waals surface area contributed by atoms with Crippen LogP contribution in [0.3, 0.4) is 0 Å². The lowest BCUT2D eigenvalue weighted by Crippen LogP contribution is -2.09. The number of nitrogens with two attached hydrogens (primary N) is 1. The van der Waals surface area contributed by atoms with Crippen LogP contribution in [0.4, 0.5) is 0 Å². The molecule has 18 heavy (non-hydrogen) atoms. The third kappa shape index (κ3) is 5.30. The minimum atomic E-state index is -0.679. The molecule has 0 fully saturated rings. The first-order valence-electron chi connectivity index (χ1n) is 5.90. The Morgan fingerprint density at radius 1 is 1.22 bits per heavy atom. The molecular weight excluding hydrogens is 230 g/mol. The summed E-state index contributed by atoms with van der Waals surface area (Å²) in [5.41, 5.74) is 6.08. The average molecular weight is 247 g/mol. The van der Waals surface area contributed by atoms with Crippen LogP contribution < -0.4 is 10.5 Å². The number of amides is 1. The Balaban J connectivity index is 2.53. The summed E-state index contributed by atoms with van der Waals surface area (Å²) in [7, 11) is 0. The fourth-order valence-corrected chi connectivity index (χ4v) is 1.41. The molecule has 0 aliphatic heterocycles. The van der Waals surface area contributed by atoms with Crippen LogP contribution >= 0.6 is 0 Å². The second kappa shape index (κ2) is 7.27. The SMILES string of the molecule is CCCCc1ccc(OC(=O)/C=C\C(N)=O)cc1. The van der Waals surface area contributed by atoms with Crippen molar-refractivity contribution in [1.29, 1.82) is 0 Å². The number of benzene rings is 1.